The number of hydrogen-bond acceptors (Lipinski definition) is 4. The van der Waals surface area contributed by atoms with E-state index in [0.717, 1.165) is 49.8 Å². The Morgan fingerprint density at radius 3 is 1.47 bits per heavy atom. The maximum Gasteiger partial charge on any atom is 0.0789 e. The summed E-state index contributed by atoms with van der Waals surface area (Å²) >= 11 is 0. The Hall–Kier alpha value is -4.44. The van der Waals surface area contributed by atoms with Gasteiger partial charge in [0.2, 0.25) is 0 Å². The number of benzene rings is 2. The van der Waals surface area contributed by atoms with E-state index >= 15 is 0 Å². The van der Waals surface area contributed by atoms with E-state index in [0.29, 0.717) is 0 Å². The second-order valence-corrected chi connectivity index (χ2v) is 7.66. The van der Waals surface area contributed by atoms with Crippen LogP contribution >= 0.6 is 0 Å². The number of pyridine rings is 4. The summed E-state index contributed by atoms with van der Waals surface area (Å²) < 4.78 is 0. The predicted molar refractivity (Wildman–Crippen MR) is 129 cm³/mol. The summed E-state index contributed by atoms with van der Waals surface area (Å²) in [4.78, 5) is 17.6. The lowest BCUT2D eigenvalue weighted by atomic mass is 9.95. The van der Waals surface area contributed by atoms with Crippen LogP contribution in [0.15, 0.2) is 110 Å². The van der Waals surface area contributed by atoms with Crippen LogP contribution in [-0.2, 0) is 0 Å². The molecule has 0 radical (unpaired) electrons. The van der Waals surface area contributed by atoms with E-state index in [-0.39, 0.29) is 0 Å². The van der Waals surface area contributed by atoms with Gasteiger partial charge in [-0.25, -0.2) is 4.98 Å². The van der Waals surface area contributed by atoms with Crippen molar-refractivity contribution in [3.8, 4) is 33.5 Å². The Morgan fingerprint density at radius 2 is 0.875 bits per heavy atom. The highest BCUT2D eigenvalue weighted by atomic mass is 14.7. The van der Waals surface area contributed by atoms with Crippen LogP contribution in [0.25, 0.3) is 55.2 Å². The minimum Gasteiger partial charge on any atom is -0.265 e. The third kappa shape index (κ3) is 3.19. The van der Waals surface area contributed by atoms with Gasteiger partial charge in [0.1, 0.15) is 0 Å². The van der Waals surface area contributed by atoms with Crippen molar-refractivity contribution in [1.29, 1.82) is 0 Å². The van der Waals surface area contributed by atoms with Gasteiger partial charge in [0.15, 0.2) is 0 Å². The van der Waals surface area contributed by atoms with Crippen LogP contribution in [0.4, 0.5) is 0 Å². The van der Waals surface area contributed by atoms with E-state index in [1.54, 1.807) is 0 Å². The molecule has 0 saturated carbocycles. The zero-order chi connectivity index (χ0) is 21.3. The molecule has 0 N–H and O–H groups in total. The number of hydrogen-bond donors (Lipinski definition) is 0. The third-order valence-electron chi connectivity index (χ3n) is 5.78. The highest BCUT2D eigenvalue weighted by molar-refractivity contribution is 6.12. The first-order valence-corrected chi connectivity index (χ1v) is 10.5. The van der Waals surface area contributed by atoms with E-state index in [1.165, 1.54) is 5.39 Å². The van der Waals surface area contributed by atoms with E-state index in [9.17, 15) is 0 Å². The molecule has 6 rings (SSSR count). The zero-order valence-electron chi connectivity index (χ0n) is 17.2. The van der Waals surface area contributed by atoms with Crippen molar-refractivity contribution in [1.82, 2.24) is 19.9 Å². The van der Waals surface area contributed by atoms with Gasteiger partial charge in [0, 0.05) is 53.5 Å². The van der Waals surface area contributed by atoms with Gasteiger partial charge in [0.25, 0.3) is 0 Å². The molecular weight excluding hydrogens is 392 g/mol. The molecule has 4 aromatic heterocycles. The van der Waals surface area contributed by atoms with Crippen LogP contribution in [-0.4, -0.2) is 19.9 Å². The van der Waals surface area contributed by atoms with Gasteiger partial charge in [-0.15, -0.1) is 0 Å². The minimum absolute atomic E-state index is 0.956. The minimum atomic E-state index is 0.956. The molecule has 0 saturated heterocycles. The molecule has 4 nitrogen and oxygen atoms in total. The highest BCUT2D eigenvalue weighted by Gasteiger charge is 2.13. The molecule has 0 aliphatic heterocycles. The Labute approximate surface area is 185 Å². The number of fused-ring (bicyclic) bond motifs is 3. The van der Waals surface area contributed by atoms with Gasteiger partial charge in [-0.3, -0.25) is 15.0 Å². The van der Waals surface area contributed by atoms with Crippen molar-refractivity contribution in [2.45, 2.75) is 0 Å². The summed E-state index contributed by atoms with van der Waals surface area (Å²) in [6, 6.07) is 25.2. The predicted octanol–water partition coefficient (Wildman–Crippen LogP) is 6.57. The van der Waals surface area contributed by atoms with Crippen LogP contribution in [0.3, 0.4) is 0 Å². The van der Waals surface area contributed by atoms with Crippen LogP contribution < -0.4 is 0 Å². The molecule has 0 atom stereocenters. The average molecular weight is 410 g/mol. The maximum absolute atomic E-state index is 5.14. The zero-order valence-corrected chi connectivity index (χ0v) is 17.2. The molecule has 0 unspecified atom stereocenters. The lowest BCUT2D eigenvalue weighted by molar-refractivity contribution is 1.32. The van der Waals surface area contributed by atoms with Crippen LogP contribution in [0.5, 0.6) is 0 Å². The molecule has 0 fully saturated rings. The smallest absolute Gasteiger partial charge is 0.0789 e. The lowest BCUT2D eigenvalue weighted by Crippen LogP contribution is -1.92. The third-order valence-corrected chi connectivity index (χ3v) is 5.78. The first-order chi connectivity index (χ1) is 15.9. The van der Waals surface area contributed by atoms with Crippen LogP contribution in [0.1, 0.15) is 0 Å². The second-order valence-electron chi connectivity index (χ2n) is 7.66. The molecule has 4 heterocycles. The van der Waals surface area contributed by atoms with Crippen LogP contribution in [0, 0.1) is 0 Å². The fourth-order valence-electron chi connectivity index (χ4n) is 4.19. The van der Waals surface area contributed by atoms with Crippen molar-refractivity contribution in [3.05, 3.63) is 110 Å². The van der Waals surface area contributed by atoms with E-state index in [1.807, 2.05) is 73.6 Å². The van der Waals surface area contributed by atoms with Gasteiger partial charge in [0.05, 0.1) is 11.2 Å². The molecule has 2 aromatic carbocycles. The normalized spacial score (nSPS) is 11.1. The Kier molecular flexibility index (Phi) is 4.40. The Bertz CT molecular complexity index is 1550. The first-order valence-electron chi connectivity index (χ1n) is 10.5. The Balaban J connectivity index is 1.65. The summed E-state index contributed by atoms with van der Waals surface area (Å²) in [5.41, 5.74) is 7.50. The number of nitrogens with zero attached hydrogens (tertiary/aromatic N) is 4. The lowest BCUT2D eigenvalue weighted by Gasteiger charge is -2.13. The second kappa shape index (κ2) is 7.67. The molecule has 32 heavy (non-hydrogen) atoms. The van der Waals surface area contributed by atoms with E-state index in [2.05, 4.69) is 51.4 Å². The number of rotatable bonds is 3. The summed E-state index contributed by atoms with van der Waals surface area (Å²) in [5, 5.41) is 3.44. The molecule has 6 aromatic rings. The van der Waals surface area contributed by atoms with Crippen molar-refractivity contribution < 1.29 is 0 Å². The monoisotopic (exact) mass is 410 g/mol. The molecule has 4 heteroatoms. The fourth-order valence-corrected chi connectivity index (χ4v) is 4.19. The number of aromatic nitrogens is 4. The molecule has 0 amide bonds. The summed E-state index contributed by atoms with van der Waals surface area (Å²) in [6.45, 7) is 0. The standard InChI is InChI=1S/C28H18N4/c1-3-24-25-4-2-23(20-7-13-30-14-8-20)18-27(25)32-28(21-9-15-31-16-10-21)26(24)17-22(1)19-5-11-29-12-6-19/h1-18H. The highest BCUT2D eigenvalue weighted by Crippen LogP contribution is 2.36. The Morgan fingerprint density at radius 1 is 0.375 bits per heavy atom. The largest absolute Gasteiger partial charge is 0.265 e. The van der Waals surface area contributed by atoms with Gasteiger partial charge in [-0.1, -0.05) is 24.3 Å². The molecule has 0 aliphatic carbocycles. The summed E-state index contributed by atoms with van der Waals surface area (Å²) in [5.74, 6) is 0. The van der Waals surface area contributed by atoms with Crippen molar-refractivity contribution in [3.63, 3.8) is 0 Å². The SMILES string of the molecule is c1cc(-c2ccc3c(c2)nc(-c2ccncc2)c2cc(-c4ccncc4)ccc23)ccn1. The van der Waals surface area contributed by atoms with Crippen molar-refractivity contribution in [2.24, 2.45) is 0 Å². The average Bonchev–Trinajstić information content (AvgIpc) is 2.89. The van der Waals surface area contributed by atoms with Gasteiger partial charge < -0.3 is 0 Å². The topological polar surface area (TPSA) is 51.6 Å². The molecule has 0 bridgehead atoms. The fraction of sp³-hybridized carbons (Fsp3) is 0. The molecule has 0 aliphatic rings. The molecule has 0 spiro atoms. The summed E-state index contributed by atoms with van der Waals surface area (Å²) in [7, 11) is 0. The molecular formula is C28H18N4. The summed E-state index contributed by atoms with van der Waals surface area (Å²) in [6.07, 6.45) is 10.9. The quantitative estimate of drug-likeness (QED) is 0.310. The van der Waals surface area contributed by atoms with Gasteiger partial charge >= 0.3 is 0 Å². The van der Waals surface area contributed by atoms with Gasteiger partial charge in [-0.2, -0.15) is 0 Å². The maximum atomic E-state index is 5.14. The molecule has 150 valence electrons. The van der Waals surface area contributed by atoms with Crippen molar-refractivity contribution >= 4 is 21.7 Å². The van der Waals surface area contributed by atoms with Gasteiger partial charge in [-0.05, 0) is 76.2 Å². The first kappa shape index (κ1) is 18.3. The van der Waals surface area contributed by atoms with Crippen molar-refractivity contribution in [2.75, 3.05) is 0 Å². The van der Waals surface area contributed by atoms with Crippen LogP contribution in [0.2, 0.25) is 0 Å². The van der Waals surface area contributed by atoms with E-state index in [4.69, 9.17) is 4.98 Å². The van der Waals surface area contributed by atoms with E-state index < -0.39 is 0 Å².